The molecule has 4 nitrogen and oxygen atoms in total. The molecule has 0 aromatic rings. The molecule has 0 spiro atoms. The summed E-state index contributed by atoms with van der Waals surface area (Å²) in [6.45, 7) is 3.05. The summed E-state index contributed by atoms with van der Waals surface area (Å²) in [7, 11) is 0. The lowest BCUT2D eigenvalue weighted by Gasteiger charge is -1.88. The van der Waals surface area contributed by atoms with Gasteiger partial charge in [0.25, 0.3) is 0 Å². The molecule has 0 aliphatic heterocycles. The summed E-state index contributed by atoms with van der Waals surface area (Å²) in [6.07, 6.45) is -0.660. The zero-order chi connectivity index (χ0) is 8.15. The van der Waals surface area contributed by atoms with Gasteiger partial charge in [0.2, 0.25) is 0 Å². The third kappa shape index (κ3) is 2.62. The van der Waals surface area contributed by atoms with E-state index in [4.69, 9.17) is 10.4 Å². The second-order valence-corrected chi connectivity index (χ2v) is 1.58. The van der Waals surface area contributed by atoms with Crippen molar-refractivity contribution in [2.75, 3.05) is 0 Å². The van der Waals surface area contributed by atoms with Crippen LogP contribution in [0.3, 0.4) is 0 Å². The van der Waals surface area contributed by atoms with Crippen LogP contribution in [0.1, 0.15) is 6.42 Å². The summed E-state index contributed by atoms with van der Waals surface area (Å²) in [6, 6.07) is 1.46. The predicted molar refractivity (Wildman–Crippen MR) is 32.0 cm³/mol. The summed E-state index contributed by atoms with van der Waals surface area (Å²) < 4.78 is 0. The molecule has 0 aromatic heterocycles. The molecule has 0 saturated carbocycles. The summed E-state index contributed by atoms with van der Waals surface area (Å²) >= 11 is 0. The van der Waals surface area contributed by atoms with Crippen molar-refractivity contribution in [3.63, 3.8) is 0 Å². The smallest absolute Gasteiger partial charge is 0.311 e. The molecule has 0 aromatic carbocycles. The molecule has 1 N–H and O–H groups in total. The normalized spacial score (nSPS) is 7.90. The van der Waals surface area contributed by atoms with Gasteiger partial charge in [-0.15, -0.1) is 0 Å². The lowest BCUT2D eigenvalue weighted by Crippen LogP contribution is -2.07. The Morgan fingerprint density at radius 1 is 1.60 bits per heavy atom. The molecule has 10 heavy (non-hydrogen) atoms. The fourth-order valence-electron chi connectivity index (χ4n) is 0.306. The van der Waals surface area contributed by atoms with Crippen molar-refractivity contribution in [1.29, 1.82) is 5.26 Å². The van der Waals surface area contributed by atoms with Crippen molar-refractivity contribution in [1.82, 2.24) is 0 Å². The minimum atomic E-state index is -1.25. The summed E-state index contributed by atoms with van der Waals surface area (Å²) in [5.41, 5.74) is -0.317. The third-order valence-electron chi connectivity index (χ3n) is 0.783. The molecule has 0 aliphatic rings. The van der Waals surface area contributed by atoms with Crippen LogP contribution >= 0.6 is 0 Å². The molecule has 0 amide bonds. The molecular weight excluding hydrogens is 134 g/mol. The van der Waals surface area contributed by atoms with Crippen molar-refractivity contribution in [2.45, 2.75) is 6.42 Å². The minimum Gasteiger partial charge on any atom is -0.481 e. The van der Waals surface area contributed by atoms with Gasteiger partial charge in [-0.3, -0.25) is 9.59 Å². The fraction of sp³-hybridized carbons (Fsp3) is 0.167. The first kappa shape index (κ1) is 8.37. The van der Waals surface area contributed by atoms with Crippen LogP contribution in [0.5, 0.6) is 0 Å². The van der Waals surface area contributed by atoms with Gasteiger partial charge < -0.3 is 5.11 Å². The van der Waals surface area contributed by atoms with Crippen molar-refractivity contribution in [3.05, 3.63) is 12.2 Å². The number of allylic oxidation sites excluding steroid dienone is 1. The highest BCUT2D eigenvalue weighted by molar-refractivity contribution is 6.06. The predicted octanol–water partition coefficient (Wildman–Crippen LogP) is 0.110. The monoisotopic (exact) mass is 139 g/mol. The standard InChI is InChI=1S/C6H5NO3/c1-4(3-7)5(8)2-6(9)10/h1-2H2,(H,9,10). The fourth-order valence-corrected chi connectivity index (χ4v) is 0.306. The number of nitriles is 1. The highest BCUT2D eigenvalue weighted by atomic mass is 16.4. The largest absolute Gasteiger partial charge is 0.481 e. The third-order valence-corrected chi connectivity index (χ3v) is 0.783. The number of ketones is 1. The van der Waals surface area contributed by atoms with Crippen molar-refractivity contribution in [2.24, 2.45) is 0 Å². The van der Waals surface area contributed by atoms with Crippen LogP contribution in [0.4, 0.5) is 0 Å². The van der Waals surface area contributed by atoms with Crippen LogP contribution in [-0.2, 0) is 9.59 Å². The number of carbonyl (C=O) groups is 2. The summed E-state index contributed by atoms with van der Waals surface area (Å²) in [4.78, 5) is 20.3. The van der Waals surface area contributed by atoms with Crippen molar-refractivity contribution in [3.8, 4) is 6.07 Å². The topological polar surface area (TPSA) is 78.2 Å². The van der Waals surface area contributed by atoms with E-state index < -0.39 is 18.2 Å². The first-order valence-electron chi connectivity index (χ1n) is 2.42. The van der Waals surface area contributed by atoms with E-state index in [1.165, 1.54) is 6.07 Å². The van der Waals surface area contributed by atoms with E-state index in [1.54, 1.807) is 0 Å². The molecule has 0 saturated heterocycles. The van der Waals surface area contributed by atoms with Gasteiger partial charge in [0, 0.05) is 0 Å². The van der Waals surface area contributed by atoms with E-state index in [0.717, 1.165) is 0 Å². The Kier molecular flexibility index (Phi) is 2.85. The van der Waals surface area contributed by atoms with Gasteiger partial charge in [-0.05, 0) is 0 Å². The van der Waals surface area contributed by atoms with Gasteiger partial charge in [0.05, 0.1) is 5.57 Å². The number of hydrogen-bond donors (Lipinski definition) is 1. The number of Topliss-reactive ketones (excluding diaryl/α,β-unsaturated/α-hetero) is 1. The Bertz CT molecular complexity index is 224. The maximum Gasteiger partial charge on any atom is 0.311 e. The van der Waals surface area contributed by atoms with Crippen LogP contribution in [0.2, 0.25) is 0 Å². The lowest BCUT2D eigenvalue weighted by molar-refractivity contribution is -0.139. The van der Waals surface area contributed by atoms with Crippen molar-refractivity contribution >= 4 is 11.8 Å². The molecule has 0 unspecified atom stereocenters. The molecule has 4 heteroatoms. The number of carbonyl (C=O) groups excluding carboxylic acids is 1. The zero-order valence-electron chi connectivity index (χ0n) is 5.13. The van der Waals surface area contributed by atoms with E-state index >= 15 is 0 Å². The number of nitrogens with zero attached hydrogens (tertiary/aromatic N) is 1. The van der Waals surface area contributed by atoms with Gasteiger partial charge in [-0.25, -0.2) is 0 Å². The van der Waals surface area contributed by atoms with Crippen LogP contribution in [-0.4, -0.2) is 16.9 Å². The number of hydrogen-bond acceptors (Lipinski definition) is 3. The Morgan fingerprint density at radius 3 is 2.40 bits per heavy atom. The average Bonchev–Trinajstić information content (AvgIpc) is 1.85. The van der Waals surface area contributed by atoms with E-state index in [9.17, 15) is 9.59 Å². The number of carboxylic acid groups (broad SMARTS) is 1. The number of rotatable bonds is 3. The quantitative estimate of drug-likeness (QED) is 0.342. The molecule has 0 radical (unpaired) electrons. The van der Waals surface area contributed by atoms with E-state index in [1.807, 2.05) is 0 Å². The summed E-state index contributed by atoms with van der Waals surface area (Å²) in [5.74, 6) is -1.99. The molecule has 0 atom stereocenters. The van der Waals surface area contributed by atoms with Crippen LogP contribution in [0.15, 0.2) is 12.2 Å². The van der Waals surface area contributed by atoms with Gasteiger partial charge in [-0.2, -0.15) is 5.26 Å². The Hall–Kier alpha value is -1.63. The van der Waals surface area contributed by atoms with Gasteiger partial charge in [-0.1, -0.05) is 6.58 Å². The first-order valence-corrected chi connectivity index (χ1v) is 2.42. The van der Waals surface area contributed by atoms with Crippen LogP contribution in [0.25, 0.3) is 0 Å². The highest BCUT2D eigenvalue weighted by Crippen LogP contribution is 1.94. The second kappa shape index (κ2) is 3.41. The van der Waals surface area contributed by atoms with Crippen LogP contribution in [0, 0.1) is 11.3 Å². The molecule has 0 rings (SSSR count). The first-order chi connectivity index (χ1) is 4.57. The van der Waals surface area contributed by atoms with Crippen molar-refractivity contribution < 1.29 is 14.7 Å². The maximum atomic E-state index is 10.5. The number of carboxylic acids is 1. The molecule has 0 fully saturated rings. The van der Waals surface area contributed by atoms with E-state index in [2.05, 4.69) is 6.58 Å². The molecule has 52 valence electrons. The average molecular weight is 139 g/mol. The Labute approximate surface area is 57.4 Å². The molecular formula is C6H5NO3. The zero-order valence-corrected chi connectivity index (χ0v) is 5.13. The second-order valence-electron chi connectivity index (χ2n) is 1.58. The van der Waals surface area contributed by atoms with Gasteiger partial charge >= 0.3 is 5.97 Å². The highest BCUT2D eigenvalue weighted by Gasteiger charge is 2.09. The molecule has 0 aliphatic carbocycles. The Balaban J connectivity index is 4.02. The van der Waals surface area contributed by atoms with E-state index in [-0.39, 0.29) is 5.57 Å². The minimum absolute atomic E-state index is 0.317. The van der Waals surface area contributed by atoms with E-state index in [0.29, 0.717) is 0 Å². The van der Waals surface area contributed by atoms with Crippen LogP contribution < -0.4 is 0 Å². The Morgan fingerprint density at radius 2 is 2.10 bits per heavy atom. The molecule has 0 bridgehead atoms. The molecule has 0 heterocycles. The number of aliphatic carboxylic acids is 1. The lowest BCUT2D eigenvalue weighted by atomic mass is 10.1. The maximum absolute atomic E-state index is 10.5. The van der Waals surface area contributed by atoms with Gasteiger partial charge in [0.15, 0.2) is 5.78 Å². The summed E-state index contributed by atoms with van der Waals surface area (Å²) in [5, 5.41) is 16.1. The SMILES string of the molecule is C=C(C#N)C(=O)CC(=O)O. The van der Waals surface area contributed by atoms with Gasteiger partial charge in [0.1, 0.15) is 12.5 Å².